The Labute approximate surface area is 127 Å². The third kappa shape index (κ3) is 2.23. The van der Waals surface area contributed by atoms with Gasteiger partial charge in [-0.1, -0.05) is 5.16 Å². The molecule has 0 aliphatic heterocycles. The Kier molecular flexibility index (Phi) is 3.17. The summed E-state index contributed by atoms with van der Waals surface area (Å²) in [4.78, 5) is 4.14. The third-order valence-electron chi connectivity index (χ3n) is 3.49. The second-order valence-electron chi connectivity index (χ2n) is 6.11. The minimum atomic E-state index is -1.11. The Morgan fingerprint density at radius 3 is 2.68 bits per heavy atom. The fourth-order valence-corrected chi connectivity index (χ4v) is 2.36. The predicted octanol–water partition coefficient (Wildman–Crippen LogP) is 2.48. The Hall–Kier alpha value is -2.41. The van der Waals surface area contributed by atoms with Crippen LogP contribution in [0.25, 0.3) is 22.3 Å². The highest BCUT2D eigenvalue weighted by Gasteiger charge is 2.25. The number of hydrogen-bond acceptors (Lipinski definition) is 6. The lowest BCUT2D eigenvalue weighted by atomic mass is 10.1. The Bertz CT molecular complexity index is 826. The molecule has 0 bridgehead atoms. The summed E-state index contributed by atoms with van der Waals surface area (Å²) >= 11 is 0. The topological polar surface area (TPSA) is 103 Å². The van der Waals surface area contributed by atoms with Crippen molar-refractivity contribution in [2.45, 2.75) is 39.3 Å². The van der Waals surface area contributed by atoms with Gasteiger partial charge in [0, 0.05) is 18.3 Å². The minimum absolute atomic E-state index is 0.165. The molecule has 0 saturated carbocycles. The van der Waals surface area contributed by atoms with Gasteiger partial charge in [-0.05, 0) is 33.8 Å². The molecule has 0 aromatic carbocycles. The molecule has 116 valence electrons. The van der Waals surface area contributed by atoms with Gasteiger partial charge in [0.25, 0.3) is 0 Å². The molecule has 0 aliphatic carbocycles. The number of rotatable bonds is 3. The van der Waals surface area contributed by atoms with Gasteiger partial charge >= 0.3 is 0 Å². The van der Waals surface area contributed by atoms with Crippen LogP contribution < -0.4 is 5.73 Å². The first-order chi connectivity index (χ1) is 10.3. The monoisotopic (exact) mass is 301 g/mol. The summed E-state index contributed by atoms with van der Waals surface area (Å²) in [7, 11) is 0. The molecule has 3 rings (SSSR count). The summed E-state index contributed by atoms with van der Waals surface area (Å²) in [6.07, 6.45) is 1.66. The lowest BCUT2D eigenvalue weighted by molar-refractivity contribution is 0.0476. The lowest BCUT2D eigenvalue weighted by Gasteiger charge is -2.10. The van der Waals surface area contributed by atoms with Crippen LogP contribution in [-0.2, 0) is 5.60 Å². The van der Waals surface area contributed by atoms with E-state index in [9.17, 15) is 5.11 Å². The Balaban J connectivity index is 2.25. The SMILES string of the molecule is CC(C)n1nc(-c2cc(C(C)(C)O)on2)c2c(N)nccc21. The molecule has 0 amide bonds. The van der Waals surface area contributed by atoms with E-state index in [4.69, 9.17) is 10.3 Å². The van der Waals surface area contributed by atoms with Gasteiger partial charge in [0.15, 0.2) is 5.76 Å². The maximum absolute atomic E-state index is 10.0. The van der Waals surface area contributed by atoms with Gasteiger partial charge in [-0.3, -0.25) is 4.68 Å². The molecule has 7 heteroatoms. The largest absolute Gasteiger partial charge is 0.383 e. The zero-order valence-electron chi connectivity index (χ0n) is 13.0. The molecule has 3 N–H and O–H groups in total. The molecule has 0 unspecified atom stereocenters. The number of nitrogens with two attached hydrogens (primary N) is 1. The highest BCUT2D eigenvalue weighted by molar-refractivity contribution is 5.99. The molecule has 7 nitrogen and oxygen atoms in total. The summed E-state index contributed by atoms with van der Waals surface area (Å²) in [5.74, 6) is 0.768. The van der Waals surface area contributed by atoms with E-state index >= 15 is 0 Å². The van der Waals surface area contributed by atoms with Gasteiger partial charge in [-0.15, -0.1) is 0 Å². The molecule has 0 spiro atoms. The average molecular weight is 301 g/mol. The normalized spacial score (nSPS) is 12.5. The maximum Gasteiger partial charge on any atom is 0.168 e. The van der Waals surface area contributed by atoms with Gasteiger partial charge < -0.3 is 15.4 Å². The molecule has 0 aliphatic rings. The van der Waals surface area contributed by atoms with Crippen LogP contribution in [0.3, 0.4) is 0 Å². The summed E-state index contributed by atoms with van der Waals surface area (Å²) in [6.45, 7) is 7.35. The first-order valence-electron chi connectivity index (χ1n) is 7.11. The van der Waals surface area contributed by atoms with Crippen molar-refractivity contribution in [3.05, 3.63) is 24.1 Å². The van der Waals surface area contributed by atoms with E-state index in [1.807, 2.05) is 24.6 Å². The van der Waals surface area contributed by atoms with Gasteiger partial charge in [0.05, 0.1) is 10.9 Å². The highest BCUT2D eigenvalue weighted by Crippen LogP contribution is 2.33. The van der Waals surface area contributed by atoms with Crippen LogP contribution in [0.2, 0.25) is 0 Å². The molecule has 3 aromatic rings. The molecule has 22 heavy (non-hydrogen) atoms. The van der Waals surface area contributed by atoms with E-state index in [2.05, 4.69) is 15.2 Å². The second kappa shape index (κ2) is 4.81. The van der Waals surface area contributed by atoms with Gasteiger partial charge in [0.1, 0.15) is 22.8 Å². The summed E-state index contributed by atoms with van der Waals surface area (Å²) in [5.41, 5.74) is 6.95. The molecular formula is C15H19N5O2. The van der Waals surface area contributed by atoms with E-state index in [1.54, 1.807) is 26.1 Å². The number of nitrogen functional groups attached to an aromatic ring is 1. The number of pyridine rings is 1. The van der Waals surface area contributed by atoms with Gasteiger partial charge in [-0.25, -0.2) is 4.98 Å². The van der Waals surface area contributed by atoms with Crippen LogP contribution in [-0.4, -0.2) is 25.0 Å². The molecule has 0 saturated heterocycles. The van der Waals surface area contributed by atoms with Crippen molar-refractivity contribution in [2.75, 3.05) is 5.73 Å². The van der Waals surface area contributed by atoms with Crippen LogP contribution in [0.5, 0.6) is 0 Å². The van der Waals surface area contributed by atoms with Crippen molar-refractivity contribution in [3.8, 4) is 11.4 Å². The Morgan fingerprint density at radius 2 is 2.09 bits per heavy atom. The van der Waals surface area contributed by atoms with Crippen molar-refractivity contribution in [1.82, 2.24) is 19.9 Å². The molecule has 3 heterocycles. The maximum atomic E-state index is 10.0. The van der Waals surface area contributed by atoms with Crippen LogP contribution in [0.4, 0.5) is 5.82 Å². The van der Waals surface area contributed by atoms with E-state index in [0.717, 1.165) is 10.9 Å². The van der Waals surface area contributed by atoms with Crippen LogP contribution >= 0.6 is 0 Å². The summed E-state index contributed by atoms with van der Waals surface area (Å²) < 4.78 is 7.11. The third-order valence-corrected chi connectivity index (χ3v) is 3.49. The number of anilines is 1. The first-order valence-corrected chi connectivity index (χ1v) is 7.11. The van der Waals surface area contributed by atoms with Crippen LogP contribution in [0.1, 0.15) is 39.5 Å². The van der Waals surface area contributed by atoms with Crippen LogP contribution in [0.15, 0.2) is 22.9 Å². The van der Waals surface area contributed by atoms with E-state index in [0.29, 0.717) is 23.0 Å². The molecule has 0 radical (unpaired) electrons. The quantitative estimate of drug-likeness (QED) is 0.770. The number of hydrogen-bond donors (Lipinski definition) is 2. The smallest absolute Gasteiger partial charge is 0.168 e. The van der Waals surface area contributed by atoms with E-state index in [1.165, 1.54) is 0 Å². The molecule has 0 atom stereocenters. The summed E-state index contributed by atoms with van der Waals surface area (Å²) in [6, 6.07) is 3.72. The van der Waals surface area contributed by atoms with Gasteiger partial charge in [0.2, 0.25) is 0 Å². The predicted molar refractivity (Wildman–Crippen MR) is 83.1 cm³/mol. The molecule has 0 fully saturated rings. The van der Waals surface area contributed by atoms with Crippen molar-refractivity contribution in [1.29, 1.82) is 0 Å². The number of aliphatic hydroxyl groups is 1. The molecule has 3 aromatic heterocycles. The average Bonchev–Trinajstić information content (AvgIpc) is 3.02. The minimum Gasteiger partial charge on any atom is -0.383 e. The summed E-state index contributed by atoms with van der Waals surface area (Å²) in [5, 5.41) is 19.4. The second-order valence-corrected chi connectivity index (χ2v) is 6.11. The van der Waals surface area contributed by atoms with E-state index in [-0.39, 0.29) is 6.04 Å². The fraction of sp³-hybridized carbons (Fsp3) is 0.400. The van der Waals surface area contributed by atoms with Crippen LogP contribution in [0, 0.1) is 0 Å². The Morgan fingerprint density at radius 1 is 1.36 bits per heavy atom. The fourth-order valence-electron chi connectivity index (χ4n) is 2.36. The van der Waals surface area contributed by atoms with Crippen molar-refractivity contribution in [3.63, 3.8) is 0 Å². The zero-order chi connectivity index (χ0) is 16.1. The van der Waals surface area contributed by atoms with E-state index < -0.39 is 5.60 Å². The highest BCUT2D eigenvalue weighted by atomic mass is 16.5. The van der Waals surface area contributed by atoms with Crippen molar-refractivity contribution >= 4 is 16.7 Å². The first kappa shape index (κ1) is 14.5. The number of fused-ring (bicyclic) bond motifs is 1. The number of nitrogens with zero attached hydrogens (tertiary/aromatic N) is 4. The van der Waals surface area contributed by atoms with Crippen molar-refractivity contribution in [2.24, 2.45) is 0 Å². The standard InChI is InChI=1S/C15H19N5O2/c1-8(2)20-10-5-6-17-14(16)12(10)13(18-20)9-7-11(22-19-9)15(3,4)21/h5-8,21H,1-4H3,(H2,16,17). The zero-order valence-corrected chi connectivity index (χ0v) is 13.0. The van der Waals surface area contributed by atoms with Crippen molar-refractivity contribution < 1.29 is 9.63 Å². The number of aromatic nitrogens is 4. The van der Waals surface area contributed by atoms with Gasteiger partial charge in [-0.2, -0.15) is 5.10 Å². The lowest BCUT2D eigenvalue weighted by Crippen LogP contribution is -2.13. The molecular weight excluding hydrogens is 282 g/mol.